The van der Waals surface area contributed by atoms with E-state index >= 15 is 0 Å². The zero-order chi connectivity index (χ0) is 19.8. The Morgan fingerprint density at radius 3 is 2.59 bits per heavy atom. The fraction of sp³-hybridized carbons (Fsp3) is 0.455. The molecule has 7 nitrogen and oxygen atoms in total. The van der Waals surface area contributed by atoms with E-state index in [0.29, 0.717) is 35.1 Å². The summed E-state index contributed by atoms with van der Waals surface area (Å²) in [6.07, 6.45) is 4.94. The Hall–Kier alpha value is -2.96. The number of fused-ring (bicyclic) bond motifs is 2. The van der Waals surface area contributed by atoms with Crippen LogP contribution in [0.5, 0.6) is 0 Å². The first kappa shape index (κ1) is 18.1. The van der Waals surface area contributed by atoms with E-state index in [0.717, 1.165) is 43.6 Å². The van der Waals surface area contributed by atoms with Crippen molar-refractivity contribution in [3.8, 4) is 11.3 Å². The number of nitrogens with zero attached hydrogens (tertiary/aromatic N) is 3. The molecule has 2 bridgehead atoms. The van der Waals surface area contributed by atoms with Crippen molar-refractivity contribution in [2.45, 2.75) is 51.0 Å². The van der Waals surface area contributed by atoms with Gasteiger partial charge in [-0.1, -0.05) is 42.4 Å². The van der Waals surface area contributed by atoms with Gasteiger partial charge in [-0.05, 0) is 37.5 Å². The lowest BCUT2D eigenvalue weighted by molar-refractivity contribution is 0.0882. The molecule has 2 fully saturated rings. The van der Waals surface area contributed by atoms with Crippen molar-refractivity contribution in [2.75, 3.05) is 0 Å². The molecule has 0 aliphatic heterocycles. The largest absolute Gasteiger partial charge is 0.425 e. The van der Waals surface area contributed by atoms with Crippen LogP contribution in [0.3, 0.4) is 0 Å². The number of aromatic nitrogens is 3. The van der Waals surface area contributed by atoms with Gasteiger partial charge in [0.15, 0.2) is 11.5 Å². The van der Waals surface area contributed by atoms with Crippen LogP contribution in [-0.4, -0.2) is 27.3 Å². The molecule has 0 saturated heterocycles. The van der Waals surface area contributed by atoms with Crippen LogP contribution < -0.4 is 5.32 Å². The lowest BCUT2D eigenvalue weighted by Gasteiger charge is -2.34. The van der Waals surface area contributed by atoms with Gasteiger partial charge in [0.1, 0.15) is 0 Å². The van der Waals surface area contributed by atoms with Gasteiger partial charge in [0.05, 0.1) is 0 Å². The van der Waals surface area contributed by atoms with Gasteiger partial charge < -0.3 is 14.3 Å². The summed E-state index contributed by atoms with van der Waals surface area (Å²) in [5.41, 5.74) is 1.24. The maximum atomic E-state index is 12.8. The molecule has 2 aromatic heterocycles. The molecule has 0 spiro atoms. The van der Waals surface area contributed by atoms with Crippen molar-refractivity contribution in [2.24, 2.45) is 11.8 Å². The summed E-state index contributed by atoms with van der Waals surface area (Å²) in [5, 5.41) is 15.6. The zero-order valence-electron chi connectivity index (χ0n) is 16.4. The monoisotopic (exact) mass is 392 g/mol. The van der Waals surface area contributed by atoms with E-state index in [9.17, 15) is 4.79 Å². The first-order valence-corrected chi connectivity index (χ1v) is 10.4. The van der Waals surface area contributed by atoms with Gasteiger partial charge in [-0.3, -0.25) is 4.79 Å². The second-order valence-corrected chi connectivity index (χ2v) is 8.10. The number of aryl methyl sites for hydroxylation is 1. The van der Waals surface area contributed by atoms with Crippen LogP contribution >= 0.6 is 0 Å². The van der Waals surface area contributed by atoms with Crippen LogP contribution in [0.25, 0.3) is 11.3 Å². The van der Waals surface area contributed by atoms with Gasteiger partial charge in [-0.25, -0.2) is 0 Å². The highest BCUT2D eigenvalue weighted by atomic mass is 16.5. The standard InChI is InChI=1S/C22H24N4O3/c1-2-19-24-25-22(28-19)16-10-14-8-9-15(11-16)20(14)23-21(27)17-12-18(29-26-17)13-6-4-3-5-7-13/h3-7,12,14-16,20H,2,8-11H2,1H3,(H,23,27). The summed E-state index contributed by atoms with van der Waals surface area (Å²) in [6, 6.07) is 11.6. The third-order valence-electron chi connectivity index (χ3n) is 6.33. The quantitative estimate of drug-likeness (QED) is 0.706. The number of carbonyl (C=O) groups excluding carboxylic acids is 1. The number of benzene rings is 1. The van der Waals surface area contributed by atoms with Crippen molar-refractivity contribution >= 4 is 5.91 Å². The van der Waals surface area contributed by atoms with Crippen molar-refractivity contribution < 1.29 is 13.7 Å². The first-order valence-electron chi connectivity index (χ1n) is 10.4. The third kappa shape index (κ3) is 3.45. The van der Waals surface area contributed by atoms with Gasteiger partial charge in [-0.15, -0.1) is 10.2 Å². The highest BCUT2D eigenvalue weighted by Crippen LogP contribution is 2.48. The molecule has 2 aliphatic rings. The lowest BCUT2D eigenvalue weighted by atomic mass is 9.77. The predicted octanol–water partition coefficient (Wildman–Crippen LogP) is 3.99. The van der Waals surface area contributed by atoms with Crippen LogP contribution in [0, 0.1) is 11.8 Å². The smallest absolute Gasteiger partial charge is 0.273 e. The molecule has 2 unspecified atom stereocenters. The Kier molecular flexibility index (Phi) is 4.66. The Balaban J connectivity index is 1.26. The van der Waals surface area contributed by atoms with E-state index < -0.39 is 0 Å². The normalized spacial score (nSPS) is 25.8. The van der Waals surface area contributed by atoms with E-state index in [1.54, 1.807) is 6.07 Å². The number of hydrogen-bond acceptors (Lipinski definition) is 6. The molecule has 2 heterocycles. The Labute approximate surface area is 168 Å². The molecule has 7 heteroatoms. The topological polar surface area (TPSA) is 94.1 Å². The Morgan fingerprint density at radius 2 is 1.90 bits per heavy atom. The Morgan fingerprint density at radius 1 is 1.14 bits per heavy atom. The molecule has 2 aliphatic carbocycles. The average molecular weight is 392 g/mol. The third-order valence-corrected chi connectivity index (χ3v) is 6.33. The highest BCUT2D eigenvalue weighted by Gasteiger charge is 2.45. The average Bonchev–Trinajstić information content (AvgIpc) is 3.47. The minimum atomic E-state index is -0.164. The number of rotatable bonds is 5. The van der Waals surface area contributed by atoms with Crippen LogP contribution in [0.15, 0.2) is 45.3 Å². The van der Waals surface area contributed by atoms with E-state index in [4.69, 9.17) is 8.94 Å². The van der Waals surface area contributed by atoms with Crippen molar-refractivity contribution in [3.05, 3.63) is 53.9 Å². The summed E-state index contributed by atoms with van der Waals surface area (Å²) in [6.45, 7) is 2.01. The fourth-order valence-electron chi connectivity index (χ4n) is 4.89. The molecule has 1 amide bonds. The molecule has 1 aromatic carbocycles. The molecule has 1 N–H and O–H groups in total. The van der Waals surface area contributed by atoms with Crippen LogP contribution in [0.4, 0.5) is 0 Å². The lowest BCUT2D eigenvalue weighted by Crippen LogP contribution is -2.45. The minimum Gasteiger partial charge on any atom is -0.425 e. The van der Waals surface area contributed by atoms with Crippen molar-refractivity contribution in [3.63, 3.8) is 0 Å². The first-order chi connectivity index (χ1) is 14.2. The van der Waals surface area contributed by atoms with Crippen LogP contribution in [0.2, 0.25) is 0 Å². The van der Waals surface area contributed by atoms with Gasteiger partial charge in [-0.2, -0.15) is 0 Å². The zero-order valence-corrected chi connectivity index (χ0v) is 16.4. The second kappa shape index (κ2) is 7.46. The van der Waals surface area contributed by atoms with Gasteiger partial charge >= 0.3 is 0 Å². The van der Waals surface area contributed by atoms with E-state index in [1.165, 1.54) is 0 Å². The molecule has 2 saturated carbocycles. The molecule has 5 rings (SSSR count). The van der Waals surface area contributed by atoms with Crippen LogP contribution in [-0.2, 0) is 6.42 Å². The van der Waals surface area contributed by atoms with Crippen LogP contribution in [0.1, 0.15) is 60.8 Å². The fourth-order valence-corrected chi connectivity index (χ4v) is 4.89. The van der Waals surface area contributed by atoms with Crippen molar-refractivity contribution in [1.82, 2.24) is 20.7 Å². The molecule has 0 radical (unpaired) electrons. The highest BCUT2D eigenvalue weighted by molar-refractivity contribution is 5.93. The minimum absolute atomic E-state index is 0.164. The number of nitrogens with one attached hydrogen (secondary N) is 1. The summed E-state index contributed by atoms with van der Waals surface area (Å²) >= 11 is 0. The summed E-state index contributed by atoms with van der Waals surface area (Å²) in [7, 11) is 0. The predicted molar refractivity (Wildman–Crippen MR) is 105 cm³/mol. The van der Waals surface area contributed by atoms with Gasteiger partial charge in [0.25, 0.3) is 5.91 Å². The molecular weight excluding hydrogens is 368 g/mol. The van der Waals surface area contributed by atoms with Gasteiger partial charge in [0, 0.05) is 30.0 Å². The van der Waals surface area contributed by atoms with Gasteiger partial charge in [0.2, 0.25) is 11.8 Å². The second-order valence-electron chi connectivity index (χ2n) is 8.10. The number of hydrogen-bond donors (Lipinski definition) is 1. The Bertz CT molecular complexity index is 982. The molecule has 150 valence electrons. The van der Waals surface area contributed by atoms with E-state index in [-0.39, 0.29) is 11.9 Å². The number of amides is 1. The summed E-state index contributed by atoms with van der Waals surface area (Å²) in [5.74, 6) is 3.05. The van der Waals surface area contributed by atoms with E-state index in [2.05, 4.69) is 20.7 Å². The SMILES string of the molecule is CCc1nnc(C2CC3CCC(C2)C3NC(=O)c2cc(-c3ccccc3)on2)o1. The molecular formula is C22H24N4O3. The maximum Gasteiger partial charge on any atom is 0.273 e. The molecule has 3 aromatic rings. The molecule has 2 atom stereocenters. The summed E-state index contributed by atoms with van der Waals surface area (Å²) < 4.78 is 11.2. The number of carbonyl (C=O) groups is 1. The maximum absolute atomic E-state index is 12.8. The molecule has 29 heavy (non-hydrogen) atoms. The van der Waals surface area contributed by atoms with E-state index in [1.807, 2.05) is 37.3 Å². The summed E-state index contributed by atoms with van der Waals surface area (Å²) in [4.78, 5) is 12.8. The van der Waals surface area contributed by atoms with Crippen molar-refractivity contribution in [1.29, 1.82) is 0 Å².